The molecule has 3 heterocycles. The highest BCUT2D eigenvalue weighted by Gasteiger charge is 2.19. The third-order valence-electron chi connectivity index (χ3n) is 4.40. The van der Waals surface area contributed by atoms with E-state index in [4.69, 9.17) is 0 Å². The first-order valence-electron chi connectivity index (χ1n) is 8.81. The second-order valence-corrected chi connectivity index (χ2v) is 6.77. The largest absolute Gasteiger partial charge is 0.353 e. The summed E-state index contributed by atoms with van der Waals surface area (Å²) in [5.74, 6) is 0.0831. The quantitative estimate of drug-likeness (QED) is 0.773. The van der Waals surface area contributed by atoms with E-state index in [1.54, 1.807) is 10.6 Å². The third kappa shape index (κ3) is 4.46. The molecule has 1 amide bonds. The molecule has 2 aromatic rings. The second kappa shape index (κ2) is 7.79. The molecule has 2 aromatic heterocycles. The number of amides is 1. The highest BCUT2D eigenvalue weighted by molar-refractivity contribution is 5.78. The number of pyridine rings is 1. The minimum Gasteiger partial charge on any atom is -0.353 e. The smallest absolute Gasteiger partial charge is 0.350 e. The average molecular weight is 346 g/mol. The molecule has 1 saturated heterocycles. The van der Waals surface area contributed by atoms with Crippen LogP contribution in [0.2, 0.25) is 0 Å². The molecule has 8 nitrogen and oxygen atoms in total. The van der Waals surface area contributed by atoms with E-state index in [1.807, 2.05) is 32.0 Å². The number of hydrogen-bond donors (Lipinski definition) is 1. The van der Waals surface area contributed by atoms with Gasteiger partial charge in [0.2, 0.25) is 5.91 Å². The van der Waals surface area contributed by atoms with Crippen molar-refractivity contribution in [1.29, 1.82) is 0 Å². The van der Waals surface area contributed by atoms with E-state index in [0.29, 0.717) is 18.7 Å². The van der Waals surface area contributed by atoms with Crippen molar-refractivity contribution in [2.45, 2.75) is 26.4 Å². The van der Waals surface area contributed by atoms with Crippen molar-refractivity contribution in [3.05, 3.63) is 34.9 Å². The van der Waals surface area contributed by atoms with Gasteiger partial charge in [0.05, 0.1) is 13.1 Å². The Balaban J connectivity index is 1.47. The van der Waals surface area contributed by atoms with Gasteiger partial charge in [-0.3, -0.25) is 19.0 Å². The van der Waals surface area contributed by atoms with Crippen LogP contribution in [0.25, 0.3) is 5.65 Å². The molecule has 0 radical (unpaired) electrons. The van der Waals surface area contributed by atoms with Gasteiger partial charge in [-0.05, 0) is 26.0 Å². The zero-order valence-corrected chi connectivity index (χ0v) is 14.9. The van der Waals surface area contributed by atoms with Gasteiger partial charge in [-0.25, -0.2) is 9.48 Å². The molecule has 25 heavy (non-hydrogen) atoms. The summed E-state index contributed by atoms with van der Waals surface area (Å²) in [5, 5.41) is 7.28. The maximum absolute atomic E-state index is 12.3. The van der Waals surface area contributed by atoms with Crippen LogP contribution in [0.4, 0.5) is 0 Å². The summed E-state index contributed by atoms with van der Waals surface area (Å²) < 4.78 is 3.09. The van der Waals surface area contributed by atoms with Gasteiger partial charge in [0, 0.05) is 45.0 Å². The molecule has 0 unspecified atom stereocenters. The van der Waals surface area contributed by atoms with Crippen LogP contribution in [0.1, 0.15) is 13.8 Å². The van der Waals surface area contributed by atoms with Gasteiger partial charge in [0.15, 0.2) is 5.65 Å². The van der Waals surface area contributed by atoms with Crippen molar-refractivity contribution in [3.63, 3.8) is 0 Å². The van der Waals surface area contributed by atoms with E-state index in [0.717, 1.165) is 32.7 Å². The van der Waals surface area contributed by atoms with E-state index < -0.39 is 0 Å². The third-order valence-corrected chi connectivity index (χ3v) is 4.40. The van der Waals surface area contributed by atoms with Crippen LogP contribution < -0.4 is 11.0 Å². The number of nitrogens with zero attached hydrogens (tertiary/aromatic N) is 5. The topological polar surface area (TPSA) is 74.9 Å². The summed E-state index contributed by atoms with van der Waals surface area (Å²) in [6.07, 6.45) is 1.74. The summed E-state index contributed by atoms with van der Waals surface area (Å²) >= 11 is 0. The molecule has 1 aliphatic rings. The maximum atomic E-state index is 12.3. The van der Waals surface area contributed by atoms with Crippen molar-refractivity contribution in [2.75, 3.05) is 39.3 Å². The summed E-state index contributed by atoms with van der Waals surface area (Å²) in [5.41, 5.74) is 0.577. The number of hydrogen-bond acceptors (Lipinski definition) is 5. The van der Waals surface area contributed by atoms with Crippen LogP contribution in [0, 0.1) is 0 Å². The second-order valence-electron chi connectivity index (χ2n) is 6.77. The molecule has 0 atom stereocenters. The monoisotopic (exact) mass is 346 g/mol. The van der Waals surface area contributed by atoms with Crippen LogP contribution >= 0.6 is 0 Å². The Morgan fingerprint density at radius 2 is 1.88 bits per heavy atom. The Morgan fingerprint density at radius 1 is 1.16 bits per heavy atom. The van der Waals surface area contributed by atoms with Gasteiger partial charge in [-0.2, -0.15) is 0 Å². The van der Waals surface area contributed by atoms with Crippen molar-refractivity contribution >= 4 is 11.6 Å². The number of carbonyl (C=O) groups excluding carboxylic acids is 1. The zero-order chi connectivity index (χ0) is 17.8. The number of carbonyl (C=O) groups is 1. The Bertz CT molecular complexity index is 773. The van der Waals surface area contributed by atoms with Crippen molar-refractivity contribution in [1.82, 2.24) is 29.3 Å². The lowest BCUT2D eigenvalue weighted by Gasteiger charge is -2.34. The lowest BCUT2D eigenvalue weighted by atomic mass is 10.3. The van der Waals surface area contributed by atoms with E-state index in [-0.39, 0.29) is 17.6 Å². The minimum absolute atomic E-state index is 0.0831. The Morgan fingerprint density at radius 3 is 2.56 bits per heavy atom. The first-order chi connectivity index (χ1) is 12.0. The Labute approximate surface area is 147 Å². The lowest BCUT2D eigenvalue weighted by Crippen LogP contribution is -2.50. The van der Waals surface area contributed by atoms with Crippen molar-refractivity contribution in [2.24, 2.45) is 0 Å². The number of nitrogens with one attached hydrogen (secondary N) is 1. The standard InChI is InChI=1S/C17H26N6O2/c1-14(2)18-16(24)13-21-9-7-20(8-10-21)11-12-23-17(25)22-6-4-3-5-15(22)19-23/h3-6,14H,7-13H2,1-2H3,(H,18,24). The predicted octanol–water partition coefficient (Wildman–Crippen LogP) is -0.362. The fraction of sp³-hybridized carbons (Fsp3) is 0.588. The van der Waals surface area contributed by atoms with Gasteiger partial charge < -0.3 is 5.32 Å². The first kappa shape index (κ1) is 17.6. The predicted molar refractivity (Wildman–Crippen MR) is 95.6 cm³/mol. The first-order valence-corrected chi connectivity index (χ1v) is 8.81. The van der Waals surface area contributed by atoms with Crippen LogP contribution in [-0.2, 0) is 11.3 Å². The lowest BCUT2D eigenvalue weighted by molar-refractivity contribution is -0.123. The van der Waals surface area contributed by atoms with Crippen LogP contribution in [0.3, 0.4) is 0 Å². The fourth-order valence-electron chi connectivity index (χ4n) is 3.09. The molecular weight excluding hydrogens is 320 g/mol. The summed E-state index contributed by atoms with van der Waals surface area (Å²) in [4.78, 5) is 28.6. The molecule has 1 aliphatic heterocycles. The van der Waals surface area contributed by atoms with Crippen LogP contribution in [0.15, 0.2) is 29.2 Å². The molecule has 0 aliphatic carbocycles. The maximum Gasteiger partial charge on any atom is 0.350 e. The Hall–Kier alpha value is -2.19. The average Bonchev–Trinajstić information content (AvgIpc) is 2.90. The van der Waals surface area contributed by atoms with Gasteiger partial charge >= 0.3 is 5.69 Å². The molecule has 136 valence electrons. The molecule has 0 bridgehead atoms. The fourth-order valence-corrected chi connectivity index (χ4v) is 3.09. The molecule has 8 heteroatoms. The Kier molecular flexibility index (Phi) is 5.50. The zero-order valence-electron chi connectivity index (χ0n) is 14.9. The van der Waals surface area contributed by atoms with E-state index in [1.165, 1.54) is 4.68 Å². The number of fused-ring (bicyclic) bond motifs is 1. The molecule has 0 aromatic carbocycles. The highest BCUT2D eigenvalue weighted by Crippen LogP contribution is 2.02. The molecular formula is C17H26N6O2. The summed E-state index contributed by atoms with van der Waals surface area (Å²) in [7, 11) is 0. The summed E-state index contributed by atoms with van der Waals surface area (Å²) in [6, 6.07) is 5.71. The van der Waals surface area contributed by atoms with Gasteiger partial charge in [0.1, 0.15) is 0 Å². The van der Waals surface area contributed by atoms with Crippen molar-refractivity contribution < 1.29 is 4.79 Å². The molecule has 1 fully saturated rings. The van der Waals surface area contributed by atoms with E-state index in [9.17, 15) is 9.59 Å². The van der Waals surface area contributed by atoms with Gasteiger partial charge in [0.25, 0.3) is 0 Å². The summed E-state index contributed by atoms with van der Waals surface area (Å²) in [6.45, 7) is 9.29. The van der Waals surface area contributed by atoms with E-state index in [2.05, 4.69) is 20.2 Å². The van der Waals surface area contributed by atoms with Gasteiger partial charge in [-0.1, -0.05) is 6.07 Å². The number of piperazine rings is 1. The number of rotatable bonds is 6. The van der Waals surface area contributed by atoms with Crippen LogP contribution in [0.5, 0.6) is 0 Å². The normalized spacial score (nSPS) is 16.6. The molecule has 1 N–H and O–H groups in total. The molecule has 3 rings (SSSR count). The number of aromatic nitrogens is 3. The van der Waals surface area contributed by atoms with E-state index >= 15 is 0 Å². The minimum atomic E-state index is -0.0976. The molecule has 0 spiro atoms. The highest BCUT2D eigenvalue weighted by atomic mass is 16.2. The van der Waals surface area contributed by atoms with Crippen LogP contribution in [-0.4, -0.2) is 75.2 Å². The van der Waals surface area contributed by atoms with Crippen molar-refractivity contribution in [3.8, 4) is 0 Å². The molecule has 0 saturated carbocycles. The van der Waals surface area contributed by atoms with Gasteiger partial charge in [-0.15, -0.1) is 5.10 Å². The SMILES string of the molecule is CC(C)NC(=O)CN1CCN(CCn2nc3ccccn3c2=O)CC1.